The number of aliphatic hydroxyl groups is 1. The van der Waals surface area contributed by atoms with Crippen molar-refractivity contribution < 1.29 is 19.3 Å². The number of methoxy groups -OCH3 is 1. The van der Waals surface area contributed by atoms with Gasteiger partial charge in [-0.3, -0.25) is 10.4 Å². The number of hydrogen-bond donors (Lipinski definition) is 3. The summed E-state index contributed by atoms with van der Waals surface area (Å²) in [7, 11) is 1.65. The molecule has 2 aliphatic heterocycles. The van der Waals surface area contributed by atoms with Gasteiger partial charge in [0.05, 0.1) is 30.8 Å². The van der Waals surface area contributed by atoms with Gasteiger partial charge in [-0.1, -0.05) is 0 Å². The molecule has 3 aromatic heterocycles. The fraction of sp³-hybridized carbons (Fsp3) is 0.333. The third-order valence-electron chi connectivity index (χ3n) is 6.40. The molecule has 0 bridgehead atoms. The van der Waals surface area contributed by atoms with E-state index in [0.717, 1.165) is 45.7 Å². The van der Waals surface area contributed by atoms with Crippen LogP contribution in [0.3, 0.4) is 0 Å². The van der Waals surface area contributed by atoms with E-state index >= 15 is 0 Å². The van der Waals surface area contributed by atoms with Crippen LogP contribution >= 0.6 is 11.3 Å². The summed E-state index contributed by atoms with van der Waals surface area (Å²) in [4.78, 5) is 0. The van der Waals surface area contributed by atoms with E-state index in [0.29, 0.717) is 37.0 Å². The number of hydrogen-bond acceptors (Lipinski definition) is 8. The molecule has 4 aromatic rings. The number of aliphatic hydroxyl groups excluding tert-OH is 1. The molecule has 1 aromatic carbocycles. The maximum Gasteiger partial charge on any atom is 0.150 e. The summed E-state index contributed by atoms with van der Waals surface area (Å²) < 4.78 is 19.2. The Bertz CT molecular complexity index is 1320. The first-order valence-electron chi connectivity index (χ1n) is 11.2. The number of H-pyrrole nitrogens is 1. The quantitative estimate of drug-likeness (QED) is 0.363. The average molecular weight is 480 g/mol. The van der Waals surface area contributed by atoms with Crippen LogP contribution in [0.25, 0.3) is 28.1 Å². The first-order chi connectivity index (χ1) is 16.6. The Labute approximate surface area is 200 Å². The molecule has 9 nitrogen and oxygen atoms in total. The van der Waals surface area contributed by atoms with Gasteiger partial charge >= 0.3 is 0 Å². The molecule has 1 fully saturated rings. The van der Waals surface area contributed by atoms with Crippen molar-refractivity contribution in [3.05, 3.63) is 52.1 Å². The van der Waals surface area contributed by atoms with Crippen LogP contribution in [0.2, 0.25) is 0 Å². The SMILES string of the molecule is COc1cc2c(cc1-c1c[nH]nc1C)-c1c(c(C(O)NC3CCOC3)nn1-c1ccsc1)CO2. The average Bonchev–Trinajstić information content (AvgIpc) is 3.64. The van der Waals surface area contributed by atoms with Gasteiger partial charge in [-0.2, -0.15) is 21.5 Å². The number of nitrogens with zero attached hydrogens (tertiary/aromatic N) is 3. The number of benzene rings is 1. The lowest BCUT2D eigenvalue weighted by Crippen LogP contribution is -2.33. The van der Waals surface area contributed by atoms with E-state index in [2.05, 4.69) is 21.6 Å². The zero-order valence-electron chi connectivity index (χ0n) is 18.9. The summed E-state index contributed by atoms with van der Waals surface area (Å²) in [5, 5.41) is 30.5. The second kappa shape index (κ2) is 8.55. The van der Waals surface area contributed by atoms with Gasteiger partial charge in [-0.05, 0) is 30.9 Å². The molecular formula is C24H25N5O4S. The van der Waals surface area contributed by atoms with Crippen molar-refractivity contribution in [1.82, 2.24) is 25.3 Å². The summed E-state index contributed by atoms with van der Waals surface area (Å²) in [5.41, 5.74) is 6.90. The molecule has 2 aliphatic rings. The number of aryl methyl sites for hydroxylation is 1. The minimum Gasteiger partial charge on any atom is -0.496 e. The van der Waals surface area contributed by atoms with Gasteiger partial charge in [0.25, 0.3) is 0 Å². The van der Waals surface area contributed by atoms with Crippen molar-refractivity contribution in [1.29, 1.82) is 0 Å². The lowest BCUT2D eigenvalue weighted by molar-refractivity contribution is 0.108. The van der Waals surface area contributed by atoms with Gasteiger partial charge in [0.15, 0.2) is 6.23 Å². The molecule has 3 N–H and O–H groups in total. The third kappa shape index (κ3) is 3.50. The number of aromatic amines is 1. The van der Waals surface area contributed by atoms with Gasteiger partial charge in [-0.15, -0.1) is 0 Å². The maximum atomic E-state index is 11.1. The van der Waals surface area contributed by atoms with Crippen molar-refractivity contribution in [2.24, 2.45) is 0 Å². The Kier molecular flexibility index (Phi) is 5.37. The Hall–Kier alpha value is -3.18. The van der Waals surface area contributed by atoms with Crippen LogP contribution in [0.15, 0.2) is 35.2 Å². The van der Waals surface area contributed by atoms with Gasteiger partial charge in [0.1, 0.15) is 23.8 Å². The van der Waals surface area contributed by atoms with Crippen LogP contribution in [0, 0.1) is 6.92 Å². The number of thiophene rings is 1. The van der Waals surface area contributed by atoms with Gasteiger partial charge in [0, 0.05) is 52.5 Å². The standard InChI is InChI=1S/C24H25N5O4S/c1-13-18(9-25-27-13)16-7-17-21(8-20(16)31-2)33-11-19-22(24(30)26-14-3-5-32-10-14)28-29(23(17)19)15-4-6-34-12-15/h4,6-9,12,14,24,26,30H,3,5,10-11H2,1-2H3,(H,25,27). The highest BCUT2D eigenvalue weighted by atomic mass is 32.1. The Morgan fingerprint density at radius 2 is 2.24 bits per heavy atom. The third-order valence-corrected chi connectivity index (χ3v) is 7.07. The summed E-state index contributed by atoms with van der Waals surface area (Å²) in [5.74, 6) is 1.42. The predicted molar refractivity (Wildman–Crippen MR) is 127 cm³/mol. The van der Waals surface area contributed by atoms with Crippen LogP contribution in [0.1, 0.15) is 29.6 Å². The van der Waals surface area contributed by atoms with E-state index in [1.807, 2.05) is 40.7 Å². The van der Waals surface area contributed by atoms with Crippen LogP contribution in [-0.4, -0.2) is 51.4 Å². The molecule has 2 atom stereocenters. The van der Waals surface area contributed by atoms with Crippen LogP contribution in [-0.2, 0) is 11.3 Å². The molecule has 176 valence electrons. The van der Waals surface area contributed by atoms with E-state index in [4.69, 9.17) is 19.3 Å². The first-order valence-corrected chi connectivity index (χ1v) is 12.1. The predicted octanol–water partition coefficient (Wildman–Crippen LogP) is 3.57. The number of ether oxygens (including phenoxy) is 3. The highest BCUT2D eigenvalue weighted by Crippen LogP contribution is 2.46. The zero-order chi connectivity index (χ0) is 23.2. The van der Waals surface area contributed by atoms with E-state index in [9.17, 15) is 5.11 Å². The van der Waals surface area contributed by atoms with E-state index in [1.54, 1.807) is 18.4 Å². The first kappa shape index (κ1) is 21.4. The van der Waals surface area contributed by atoms with E-state index < -0.39 is 6.23 Å². The van der Waals surface area contributed by atoms with E-state index in [1.165, 1.54) is 0 Å². The number of aromatic nitrogens is 4. The second-order valence-corrected chi connectivity index (χ2v) is 9.24. The van der Waals surface area contributed by atoms with Gasteiger partial charge < -0.3 is 19.3 Å². The molecule has 5 heterocycles. The van der Waals surface area contributed by atoms with Gasteiger partial charge in [-0.25, -0.2) is 4.68 Å². The molecule has 0 radical (unpaired) electrons. The molecule has 10 heteroatoms. The van der Waals surface area contributed by atoms with Crippen molar-refractivity contribution in [3.8, 4) is 39.6 Å². The highest BCUT2D eigenvalue weighted by Gasteiger charge is 2.32. The lowest BCUT2D eigenvalue weighted by atomic mass is 9.96. The van der Waals surface area contributed by atoms with Crippen molar-refractivity contribution >= 4 is 11.3 Å². The molecule has 0 spiro atoms. The molecule has 1 saturated heterocycles. The highest BCUT2D eigenvalue weighted by molar-refractivity contribution is 7.08. The molecular weight excluding hydrogens is 454 g/mol. The number of rotatable bonds is 6. The van der Waals surface area contributed by atoms with Crippen molar-refractivity contribution in [2.75, 3.05) is 20.3 Å². The van der Waals surface area contributed by atoms with E-state index in [-0.39, 0.29) is 6.04 Å². The molecule has 34 heavy (non-hydrogen) atoms. The molecule has 2 unspecified atom stereocenters. The maximum absolute atomic E-state index is 11.1. The minimum atomic E-state index is -0.931. The van der Waals surface area contributed by atoms with Crippen molar-refractivity contribution in [3.63, 3.8) is 0 Å². The molecule has 0 amide bonds. The second-order valence-electron chi connectivity index (χ2n) is 8.46. The zero-order valence-corrected chi connectivity index (χ0v) is 19.7. The molecule has 0 saturated carbocycles. The Morgan fingerprint density at radius 3 is 2.94 bits per heavy atom. The normalized spacial score (nSPS) is 17.8. The smallest absolute Gasteiger partial charge is 0.150 e. The topological polar surface area (TPSA) is 106 Å². The van der Waals surface area contributed by atoms with Crippen LogP contribution < -0.4 is 14.8 Å². The largest absolute Gasteiger partial charge is 0.496 e. The fourth-order valence-electron chi connectivity index (χ4n) is 4.66. The summed E-state index contributed by atoms with van der Waals surface area (Å²) >= 11 is 1.60. The Balaban J connectivity index is 1.52. The summed E-state index contributed by atoms with van der Waals surface area (Å²) in [6, 6.07) is 6.08. The summed E-state index contributed by atoms with van der Waals surface area (Å²) in [6.45, 7) is 3.53. The van der Waals surface area contributed by atoms with Crippen molar-refractivity contribution in [2.45, 2.75) is 32.2 Å². The molecule has 0 aliphatic carbocycles. The number of fused-ring (bicyclic) bond motifs is 3. The monoisotopic (exact) mass is 479 g/mol. The van der Waals surface area contributed by atoms with Crippen LogP contribution in [0.5, 0.6) is 11.5 Å². The van der Waals surface area contributed by atoms with Crippen LogP contribution in [0.4, 0.5) is 0 Å². The Morgan fingerprint density at radius 1 is 1.32 bits per heavy atom. The fourth-order valence-corrected chi connectivity index (χ4v) is 5.28. The minimum absolute atomic E-state index is 0.0914. The number of nitrogens with one attached hydrogen (secondary N) is 2. The molecule has 6 rings (SSSR count). The lowest BCUT2D eigenvalue weighted by Gasteiger charge is -2.23. The summed E-state index contributed by atoms with van der Waals surface area (Å²) in [6.07, 6.45) is 1.79. The van der Waals surface area contributed by atoms with Gasteiger partial charge in [0.2, 0.25) is 0 Å².